The molecule has 2 rings (SSSR count). The van der Waals surface area contributed by atoms with Gasteiger partial charge >= 0.3 is 0 Å². The Labute approximate surface area is 168 Å². The molecule has 0 aliphatic rings. The second-order valence-corrected chi connectivity index (χ2v) is 7.11. The molecule has 0 aliphatic carbocycles. The number of aryl methyl sites for hydroxylation is 1. The maximum Gasteiger partial charge on any atom is 0.252 e. The van der Waals surface area contributed by atoms with Crippen molar-refractivity contribution in [1.82, 2.24) is 5.32 Å². The van der Waals surface area contributed by atoms with Crippen LogP contribution >= 0.6 is 0 Å². The highest BCUT2D eigenvalue weighted by Crippen LogP contribution is 2.32. The quantitative estimate of drug-likeness (QED) is 0.693. The van der Waals surface area contributed by atoms with E-state index in [9.17, 15) is 4.79 Å². The molecule has 0 saturated carbocycles. The van der Waals surface area contributed by atoms with Gasteiger partial charge < -0.3 is 19.5 Å². The van der Waals surface area contributed by atoms with Gasteiger partial charge in [-0.15, -0.1) is 0 Å². The number of nitrogens with one attached hydrogen (secondary N) is 1. The summed E-state index contributed by atoms with van der Waals surface area (Å²) < 4.78 is 16.2. The zero-order valence-electron chi connectivity index (χ0n) is 17.9. The third kappa shape index (κ3) is 4.58. The van der Waals surface area contributed by atoms with Crippen molar-refractivity contribution < 1.29 is 19.0 Å². The number of carbonyl (C=O) groups is 1. The maximum absolute atomic E-state index is 13.1. The van der Waals surface area contributed by atoms with Gasteiger partial charge in [0.2, 0.25) is 0 Å². The van der Waals surface area contributed by atoms with Gasteiger partial charge in [-0.1, -0.05) is 26.8 Å². The van der Waals surface area contributed by atoms with E-state index in [-0.39, 0.29) is 17.9 Å². The molecular weight excluding hydrogens is 354 g/mol. The third-order valence-electron chi connectivity index (χ3n) is 4.97. The maximum atomic E-state index is 13.1. The van der Waals surface area contributed by atoms with Gasteiger partial charge in [-0.05, 0) is 60.2 Å². The molecule has 0 heterocycles. The Bertz CT molecular complexity index is 830. The molecule has 1 amide bonds. The van der Waals surface area contributed by atoms with Gasteiger partial charge in [0.15, 0.2) is 11.5 Å². The zero-order valence-corrected chi connectivity index (χ0v) is 17.9. The largest absolute Gasteiger partial charge is 0.496 e. The van der Waals surface area contributed by atoms with Crippen LogP contribution in [0.5, 0.6) is 17.2 Å². The first-order valence-corrected chi connectivity index (χ1v) is 9.57. The predicted molar refractivity (Wildman–Crippen MR) is 112 cm³/mol. The van der Waals surface area contributed by atoms with Crippen LogP contribution in [0.1, 0.15) is 66.2 Å². The predicted octanol–water partition coefficient (Wildman–Crippen LogP) is 5.03. The van der Waals surface area contributed by atoms with Gasteiger partial charge in [0.1, 0.15) is 5.75 Å². The molecule has 0 fully saturated rings. The van der Waals surface area contributed by atoms with E-state index >= 15 is 0 Å². The molecule has 1 N–H and O–H groups in total. The summed E-state index contributed by atoms with van der Waals surface area (Å²) >= 11 is 0. The topological polar surface area (TPSA) is 56.8 Å². The monoisotopic (exact) mass is 385 g/mol. The van der Waals surface area contributed by atoms with Crippen molar-refractivity contribution in [2.75, 3.05) is 21.3 Å². The average Bonchev–Trinajstić information content (AvgIpc) is 2.70. The van der Waals surface area contributed by atoms with Gasteiger partial charge in [0.05, 0.1) is 27.4 Å². The molecule has 5 heteroatoms. The highest BCUT2D eigenvalue weighted by atomic mass is 16.5. The number of hydrogen-bond acceptors (Lipinski definition) is 4. The van der Waals surface area contributed by atoms with Crippen molar-refractivity contribution in [3.8, 4) is 17.2 Å². The summed E-state index contributed by atoms with van der Waals surface area (Å²) in [6.45, 7) is 8.15. The first-order valence-electron chi connectivity index (χ1n) is 9.57. The van der Waals surface area contributed by atoms with Crippen LogP contribution in [-0.4, -0.2) is 27.2 Å². The summed E-state index contributed by atoms with van der Waals surface area (Å²) in [7, 11) is 4.87. The molecule has 1 atom stereocenters. The Morgan fingerprint density at radius 3 is 2.14 bits per heavy atom. The number of ether oxygens (including phenoxy) is 3. The Morgan fingerprint density at radius 2 is 1.61 bits per heavy atom. The van der Waals surface area contributed by atoms with E-state index in [1.54, 1.807) is 21.3 Å². The smallest absolute Gasteiger partial charge is 0.252 e. The lowest BCUT2D eigenvalue weighted by Crippen LogP contribution is -2.29. The molecule has 2 aromatic rings. The third-order valence-corrected chi connectivity index (χ3v) is 4.97. The van der Waals surface area contributed by atoms with E-state index < -0.39 is 0 Å². The fourth-order valence-corrected chi connectivity index (χ4v) is 3.30. The first-order chi connectivity index (χ1) is 13.4. The molecular formula is C23H31NO4. The van der Waals surface area contributed by atoms with Crippen molar-refractivity contribution in [3.63, 3.8) is 0 Å². The van der Waals surface area contributed by atoms with Gasteiger partial charge in [0.25, 0.3) is 5.91 Å². The first kappa shape index (κ1) is 21.6. The number of methoxy groups -OCH3 is 3. The molecule has 28 heavy (non-hydrogen) atoms. The zero-order chi connectivity index (χ0) is 20.8. The molecule has 0 saturated heterocycles. The summed E-state index contributed by atoms with van der Waals surface area (Å²) in [6, 6.07) is 9.47. The Morgan fingerprint density at radius 1 is 0.964 bits per heavy atom. The van der Waals surface area contributed by atoms with Crippen molar-refractivity contribution in [2.24, 2.45) is 0 Å². The van der Waals surface area contributed by atoms with Gasteiger partial charge in [-0.25, -0.2) is 0 Å². The normalized spacial score (nSPS) is 11.9. The van der Waals surface area contributed by atoms with E-state index in [2.05, 4.69) is 19.2 Å². The highest BCUT2D eigenvalue weighted by Gasteiger charge is 2.20. The summed E-state index contributed by atoms with van der Waals surface area (Å²) in [4.78, 5) is 13.1. The van der Waals surface area contributed by atoms with Crippen molar-refractivity contribution >= 4 is 5.91 Å². The number of rotatable bonds is 8. The Hall–Kier alpha value is -2.69. The van der Waals surface area contributed by atoms with Crippen LogP contribution in [0.15, 0.2) is 30.3 Å². The number of benzene rings is 2. The molecule has 0 radical (unpaired) electrons. The summed E-state index contributed by atoms with van der Waals surface area (Å²) in [5.41, 5.74) is 3.56. The van der Waals surface area contributed by atoms with Crippen molar-refractivity contribution in [1.29, 1.82) is 0 Å². The fraction of sp³-hybridized carbons (Fsp3) is 0.435. The van der Waals surface area contributed by atoms with Crippen LogP contribution in [0.2, 0.25) is 0 Å². The van der Waals surface area contributed by atoms with E-state index in [4.69, 9.17) is 14.2 Å². The summed E-state index contributed by atoms with van der Waals surface area (Å²) in [6.07, 6.45) is 0.757. The van der Waals surface area contributed by atoms with E-state index in [1.807, 2.05) is 44.2 Å². The van der Waals surface area contributed by atoms with Crippen LogP contribution in [0.3, 0.4) is 0 Å². The Balaban J connectivity index is 2.33. The minimum Gasteiger partial charge on any atom is -0.496 e. The second-order valence-electron chi connectivity index (χ2n) is 7.11. The van der Waals surface area contributed by atoms with E-state index in [0.29, 0.717) is 17.1 Å². The minimum absolute atomic E-state index is 0.0938. The molecule has 2 aromatic carbocycles. The van der Waals surface area contributed by atoms with Gasteiger partial charge in [-0.3, -0.25) is 4.79 Å². The standard InChI is InChI=1S/C23H31NO4/c1-8-19(16-9-10-20(26-5)22(12-16)28-7)24-23(25)18-13-17(14(2)3)21(27-6)11-15(18)4/h9-14,19H,8H2,1-7H3,(H,24,25)/t19-/m0/s1. The van der Waals surface area contributed by atoms with Crippen LogP contribution in [-0.2, 0) is 0 Å². The molecule has 0 unspecified atom stereocenters. The van der Waals surface area contributed by atoms with Gasteiger partial charge in [-0.2, -0.15) is 0 Å². The van der Waals surface area contributed by atoms with Crippen molar-refractivity contribution in [2.45, 2.75) is 46.1 Å². The highest BCUT2D eigenvalue weighted by molar-refractivity contribution is 5.96. The number of hydrogen-bond donors (Lipinski definition) is 1. The minimum atomic E-state index is -0.128. The number of carbonyl (C=O) groups excluding carboxylic acids is 1. The lowest BCUT2D eigenvalue weighted by atomic mass is 9.95. The van der Waals surface area contributed by atoms with E-state index in [0.717, 1.165) is 28.9 Å². The van der Waals surface area contributed by atoms with Gasteiger partial charge in [0, 0.05) is 5.56 Å². The molecule has 0 bridgehead atoms. The van der Waals surface area contributed by atoms with Crippen LogP contribution < -0.4 is 19.5 Å². The van der Waals surface area contributed by atoms with Crippen LogP contribution in [0.4, 0.5) is 0 Å². The lowest BCUT2D eigenvalue weighted by molar-refractivity contribution is 0.0934. The molecule has 0 aromatic heterocycles. The molecule has 5 nitrogen and oxygen atoms in total. The molecule has 152 valence electrons. The average molecular weight is 386 g/mol. The fourth-order valence-electron chi connectivity index (χ4n) is 3.30. The SMILES string of the molecule is CC[C@H](NC(=O)c1cc(C(C)C)c(OC)cc1C)c1ccc(OC)c(OC)c1. The summed E-state index contributed by atoms with van der Waals surface area (Å²) in [5.74, 6) is 2.30. The second kappa shape index (κ2) is 9.49. The van der Waals surface area contributed by atoms with Crippen molar-refractivity contribution in [3.05, 3.63) is 52.6 Å². The Kier molecular flexibility index (Phi) is 7.32. The lowest BCUT2D eigenvalue weighted by Gasteiger charge is -2.21. The van der Waals surface area contributed by atoms with Crippen LogP contribution in [0, 0.1) is 6.92 Å². The molecule has 0 spiro atoms. The molecule has 0 aliphatic heterocycles. The number of amides is 1. The summed E-state index contributed by atoms with van der Waals surface area (Å²) in [5, 5.41) is 3.16. The van der Waals surface area contributed by atoms with Crippen LogP contribution in [0.25, 0.3) is 0 Å². The van der Waals surface area contributed by atoms with E-state index in [1.165, 1.54) is 0 Å².